The van der Waals surface area contributed by atoms with Gasteiger partial charge in [-0.15, -0.1) is 0 Å². The molecule has 2 rings (SSSR count). The number of hydrogen-bond acceptors (Lipinski definition) is 5. The molecular formula is C31H44N2O5. The molecule has 7 heteroatoms. The van der Waals surface area contributed by atoms with E-state index in [2.05, 4.69) is 38.3 Å². The fourth-order valence-corrected chi connectivity index (χ4v) is 4.55. The van der Waals surface area contributed by atoms with Crippen molar-refractivity contribution in [3.8, 4) is 11.5 Å². The van der Waals surface area contributed by atoms with Gasteiger partial charge in [-0.2, -0.15) is 0 Å². The number of hydrogen-bond donors (Lipinski definition) is 2. The van der Waals surface area contributed by atoms with E-state index in [4.69, 9.17) is 9.47 Å². The lowest BCUT2D eigenvalue weighted by Gasteiger charge is -2.37. The number of imide groups is 1. The van der Waals surface area contributed by atoms with E-state index in [0.717, 1.165) is 24.8 Å². The number of ether oxygens (including phenoxy) is 2. The molecule has 0 aromatic heterocycles. The zero-order valence-corrected chi connectivity index (χ0v) is 24.4. The highest BCUT2D eigenvalue weighted by Gasteiger charge is 2.39. The van der Waals surface area contributed by atoms with Gasteiger partial charge < -0.3 is 14.8 Å². The van der Waals surface area contributed by atoms with Crippen molar-refractivity contribution < 1.29 is 23.9 Å². The molecule has 38 heavy (non-hydrogen) atoms. The molecule has 0 heterocycles. The highest BCUT2D eigenvalue weighted by Crippen LogP contribution is 2.45. The lowest BCUT2D eigenvalue weighted by atomic mass is 9.68. The molecule has 0 radical (unpaired) electrons. The molecular weight excluding hydrogens is 480 g/mol. The number of methoxy groups -OCH3 is 2. The summed E-state index contributed by atoms with van der Waals surface area (Å²) < 4.78 is 11.1. The SMILES string of the molecule is CCCCC(c1ccc(OC)cc1OC)C(C(=O)Nc1cccc(C(=O)NC(=O)C(C)(C)C)c1)C(C)(C)C. The second-order valence-electron chi connectivity index (χ2n) is 11.8. The molecule has 7 nitrogen and oxygen atoms in total. The number of carbonyl (C=O) groups is 3. The van der Waals surface area contributed by atoms with Crippen LogP contribution >= 0.6 is 0 Å². The van der Waals surface area contributed by atoms with E-state index in [0.29, 0.717) is 22.7 Å². The summed E-state index contributed by atoms with van der Waals surface area (Å²) in [7, 11) is 3.24. The van der Waals surface area contributed by atoms with Crippen molar-refractivity contribution in [1.82, 2.24) is 5.32 Å². The predicted molar refractivity (Wildman–Crippen MR) is 152 cm³/mol. The fraction of sp³-hybridized carbons (Fsp3) is 0.516. The van der Waals surface area contributed by atoms with E-state index in [1.165, 1.54) is 0 Å². The lowest BCUT2D eigenvalue weighted by Crippen LogP contribution is -2.39. The summed E-state index contributed by atoms with van der Waals surface area (Å²) in [6.45, 7) is 13.6. The molecule has 2 aromatic rings. The Labute approximate surface area is 227 Å². The van der Waals surface area contributed by atoms with E-state index in [1.54, 1.807) is 59.3 Å². The highest BCUT2D eigenvalue weighted by molar-refractivity contribution is 6.06. The topological polar surface area (TPSA) is 93.7 Å². The van der Waals surface area contributed by atoms with E-state index in [9.17, 15) is 14.4 Å². The standard InChI is InChI=1S/C31H44N2O5/c1-10-11-15-24(23-17-16-22(37-8)19-25(23)38-9)26(30(2,3)4)28(35)32-21-14-12-13-20(18-21)27(34)33-29(36)31(5,6)7/h12-14,16-19,24,26H,10-11,15H2,1-9H3,(H,32,35)(H,33,34,36). The minimum Gasteiger partial charge on any atom is -0.497 e. The van der Waals surface area contributed by atoms with Gasteiger partial charge in [0.25, 0.3) is 5.91 Å². The largest absolute Gasteiger partial charge is 0.497 e. The molecule has 2 unspecified atom stereocenters. The molecule has 208 valence electrons. The van der Waals surface area contributed by atoms with Crippen molar-refractivity contribution in [1.29, 1.82) is 0 Å². The molecule has 0 aliphatic heterocycles. The van der Waals surface area contributed by atoms with Crippen LogP contribution in [0.4, 0.5) is 5.69 Å². The number of benzene rings is 2. The zero-order chi connectivity index (χ0) is 28.7. The quantitative estimate of drug-likeness (QED) is 0.366. The van der Waals surface area contributed by atoms with Gasteiger partial charge in [0, 0.05) is 22.7 Å². The summed E-state index contributed by atoms with van der Waals surface area (Å²) >= 11 is 0. The van der Waals surface area contributed by atoms with Gasteiger partial charge in [0.1, 0.15) is 11.5 Å². The van der Waals surface area contributed by atoms with Crippen molar-refractivity contribution in [2.24, 2.45) is 16.7 Å². The molecule has 0 bridgehead atoms. The number of anilines is 1. The van der Waals surface area contributed by atoms with Crippen LogP contribution in [0.1, 0.15) is 89.6 Å². The van der Waals surface area contributed by atoms with Crippen LogP contribution in [-0.2, 0) is 9.59 Å². The molecule has 0 saturated heterocycles. The highest BCUT2D eigenvalue weighted by atomic mass is 16.5. The molecule has 0 saturated carbocycles. The Morgan fingerprint density at radius 3 is 2.16 bits per heavy atom. The summed E-state index contributed by atoms with van der Waals surface area (Å²) in [6, 6.07) is 12.4. The van der Waals surface area contributed by atoms with E-state index in [1.807, 2.05) is 18.2 Å². The lowest BCUT2D eigenvalue weighted by molar-refractivity contribution is -0.127. The van der Waals surface area contributed by atoms with Gasteiger partial charge in [-0.1, -0.05) is 73.4 Å². The molecule has 2 atom stereocenters. The second kappa shape index (κ2) is 12.9. The Hall–Kier alpha value is -3.35. The number of unbranched alkanes of at least 4 members (excludes halogenated alkanes) is 1. The third-order valence-electron chi connectivity index (χ3n) is 6.63. The first-order valence-electron chi connectivity index (χ1n) is 13.2. The van der Waals surface area contributed by atoms with Crippen molar-refractivity contribution in [3.05, 3.63) is 53.6 Å². The number of amides is 3. The number of carbonyl (C=O) groups excluding carboxylic acids is 3. The maximum absolute atomic E-state index is 13.9. The Kier molecular flexibility index (Phi) is 10.5. The maximum Gasteiger partial charge on any atom is 0.257 e. The van der Waals surface area contributed by atoms with Gasteiger partial charge in [-0.3, -0.25) is 19.7 Å². The molecule has 2 N–H and O–H groups in total. The summed E-state index contributed by atoms with van der Waals surface area (Å²) in [5, 5.41) is 5.48. The summed E-state index contributed by atoms with van der Waals surface area (Å²) in [4.78, 5) is 38.9. The molecule has 0 spiro atoms. The number of rotatable bonds is 10. The third-order valence-corrected chi connectivity index (χ3v) is 6.63. The van der Waals surface area contributed by atoms with Gasteiger partial charge >= 0.3 is 0 Å². The van der Waals surface area contributed by atoms with Crippen molar-refractivity contribution >= 4 is 23.4 Å². The Bertz CT molecular complexity index is 1130. The van der Waals surface area contributed by atoms with Crippen LogP contribution in [0.3, 0.4) is 0 Å². The second-order valence-corrected chi connectivity index (χ2v) is 11.8. The van der Waals surface area contributed by atoms with Crippen LogP contribution in [0, 0.1) is 16.7 Å². The summed E-state index contributed by atoms with van der Waals surface area (Å²) in [6.07, 6.45) is 2.76. The molecule has 0 aliphatic carbocycles. The smallest absolute Gasteiger partial charge is 0.257 e. The maximum atomic E-state index is 13.9. The van der Waals surface area contributed by atoms with Gasteiger partial charge in [-0.05, 0) is 47.6 Å². The summed E-state index contributed by atoms with van der Waals surface area (Å²) in [5.41, 5.74) is 0.688. The van der Waals surface area contributed by atoms with Gasteiger partial charge in [-0.25, -0.2) is 0 Å². The Balaban J connectivity index is 2.42. The first-order valence-corrected chi connectivity index (χ1v) is 13.2. The van der Waals surface area contributed by atoms with Crippen LogP contribution in [0.2, 0.25) is 0 Å². The van der Waals surface area contributed by atoms with E-state index >= 15 is 0 Å². The monoisotopic (exact) mass is 524 g/mol. The van der Waals surface area contributed by atoms with Crippen LogP contribution in [-0.4, -0.2) is 31.9 Å². The number of nitrogens with one attached hydrogen (secondary N) is 2. The van der Waals surface area contributed by atoms with Crippen LogP contribution < -0.4 is 20.1 Å². The van der Waals surface area contributed by atoms with Crippen molar-refractivity contribution in [3.63, 3.8) is 0 Å². The van der Waals surface area contributed by atoms with Crippen LogP contribution in [0.15, 0.2) is 42.5 Å². The predicted octanol–water partition coefficient (Wildman–Crippen LogP) is 6.58. The van der Waals surface area contributed by atoms with E-state index in [-0.39, 0.29) is 23.1 Å². The Morgan fingerprint density at radius 1 is 0.921 bits per heavy atom. The molecule has 0 fully saturated rings. The normalized spacial score (nSPS) is 13.3. The minimum atomic E-state index is -0.697. The first-order chi connectivity index (χ1) is 17.7. The van der Waals surface area contributed by atoms with Gasteiger partial charge in [0.2, 0.25) is 11.8 Å². The van der Waals surface area contributed by atoms with Gasteiger partial charge in [0.05, 0.1) is 20.1 Å². The van der Waals surface area contributed by atoms with Gasteiger partial charge in [0.15, 0.2) is 0 Å². The van der Waals surface area contributed by atoms with Crippen molar-refractivity contribution in [2.75, 3.05) is 19.5 Å². The third kappa shape index (κ3) is 8.07. The average Bonchev–Trinajstić information content (AvgIpc) is 2.84. The minimum absolute atomic E-state index is 0.105. The summed E-state index contributed by atoms with van der Waals surface area (Å²) in [5.74, 6) is -0.122. The van der Waals surface area contributed by atoms with Crippen LogP contribution in [0.5, 0.6) is 11.5 Å². The molecule has 2 aromatic carbocycles. The average molecular weight is 525 g/mol. The Morgan fingerprint density at radius 2 is 1.61 bits per heavy atom. The molecule has 3 amide bonds. The first kappa shape index (κ1) is 30.9. The zero-order valence-electron chi connectivity index (χ0n) is 24.4. The van der Waals surface area contributed by atoms with Crippen LogP contribution in [0.25, 0.3) is 0 Å². The van der Waals surface area contributed by atoms with Crippen molar-refractivity contribution in [2.45, 2.75) is 73.6 Å². The van der Waals surface area contributed by atoms with E-state index < -0.39 is 17.2 Å². The fourth-order valence-electron chi connectivity index (χ4n) is 4.55. The molecule has 0 aliphatic rings.